The van der Waals surface area contributed by atoms with Crippen LogP contribution >= 0.6 is 0 Å². The summed E-state index contributed by atoms with van der Waals surface area (Å²) in [5.41, 5.74) is 0. The van der Waals surface area contributed by atoms with Gasteiger partial charge >= 0.3 is 5.97 Å². The number of ether oxygens (including phenoxy) is 2. The summed E-state index contributed by atoms with van der Waals surface area (Å²) < 4.78 is 11.4. The molecule has 1 aliphatic carbocycles. The summed E-state index contributed by atoms with van der Waals surface area (Å²) in [6.07, 6.45) is 11.2. The van der Waals surface area contributed by atoms with Crippen LogP contribution in [0.25, 0.3) is 0 Å². The molecular weight excluding hydrogens is 360 g/mol. The van der Waals surface area contributed by atoms with Crippen LogP contribution in [0.4, 0.5) is 0 Å². The minimum atomic E-state index is -0.776. The molecule has 1 rings (SSSR count). The average Bonchev–Trinajstić information content (AvgIpc) is 2.94. The summed E-state index contributed by atoms with van der Waals surface area (Å²) in [4.78, 5) is 10.5. The minimum Gasteiger partial charge on any atom is -0.481 e. The van der Waals surface area contributed by atoms with E-state index in [0.29, 0.717) is 25.7 Å². The van der Waals surface area contributed by atoms with Gasteiger partial charge in [-0.05, 0) is 50.4 Å². The van der Waals surface area contributed by atoms with Gasteiger partial charge in [0.05, 0.1) is 12.2 Å². The second kappa shape index (κ2) is 13.3. The van der Waals surface area contributed by atoms with Crippen molar-refractivity contribution in [2.75, 3.05) is 14.2 Å². The van der Waals surface area contributed by atoms with Gasteiger partial charge in [-0.25, -0.2) is 0 Å². The van der Waals surface area contributed by atoms with Gasteiger partial charge in [0.2, 0.25) is 0 Å². The Balaban J connectivity index is 2.59. The van der Waals surface area contributed by atoms with Crippen molar-refractivity contribution in [3.05, 3.63) is 12.2 Å². The maximum Gasteiger partial charge on any atom is 0.303 e. The molecule has 0 unspecified atom stereocenters. The Morgan fingerprint density at radius 3 is 2.32 bits per heavy atom. The van der Waals surface area contributed by atoms with E-state index in [2.05, 4.69) is 6.92 Å². The van der Waals surface area contributed by atoms with Crippen molar-refractivity contribution in [3.63, 3.8) is 0 Å². The molecule has 0 spiro atoms. The molecule has 164 valence electrons. The fraction of sp³-hybridized carbons (Fsp3) is 0.864. The molecule has 4 atom stereocenters. The zero-order valence-corrected chi connectivity index (χ0v) is 17.8. The molecule has 6 nitrogen and oxygen atoms in total. The molecule has 1 aliphatic rings. The van der Waals surface area contributed by atoms with E-state index in [1.165, 1.54) is 0 Å². The van der Waals surface area contributed by atoms with E-state index in [9.17, 15) is 15.0 Å². The first-order valence-electron chi connectivity index (χ1n) is 10.7. The van der Waals surface area contributed by atoms with Crippen LogP contribution in [-0.2, 0) is 14.3 Å². The van der Waals surface area contributed by atoms with Crippen molar-refractivity contribution >= 4 is 5.97 Å². The maximum atomic E-state index is 10.5. The minimum absolute atomic E-state index is 0.00720. The van der Waals surface area contributed by atoms with Gasteiger partial charge in [0, 0.05) is 33.5 Å². The maximum absolute atomic E-state index is 10.5. The molecule has 0 aromatic carbocycles. The Morgan fingerprint density at radius 2 is 1.71 bits per heavy atom. The van der Waals surface area contributed by atoms with E-state index in [4.69, 9.17) is 14.6 Å². The fourth-order valence-corrected chi connectivity index (χ4v) is 4.30. The van der Waals surface area contributed by atoms with E-state index in [-0.39, 0.29) is 18.3 Å². The lowest BCUT2D eigenvalue weighted by molar-refractivity contribution is -0.218. The lowest BCUT2D eigenvalue weighted by Gasteiger charge is -2.33. The van der Waals surface area contributed by atoms with Crippen LogP contribution in [0.15, 0.2) is 12.2 Å². The molecule has 6 heteroatoms. The van der Waals surface area contributed by atoms with Crippen LogP contribution in [0.5, 0.6) is 0 Å². The lowest BCUT2D eigenvalue weighted by atomic mass is 9.85. The topological polar surface area (TPSA) is 96.2 Å². The highest BCUT2D eigenvalue weighted by Gasteiger charge is 2.42. The molecular formula is C22H40O6. The number of hydrogen-bond donors (Lipinski definition) is 3. The number of carboxylic acid groups (broad SMARTS) is 1. The van der Waals surface area contributed by atoms with Crippen LogP contribution in [0.1, 0.15) is 77.6 Å². The second-order valence-electron chi connectivity index (χ2n) is 8.01. The van der Waals surface area contributed by atoms with Crippen molar-refractivity contribution in [1.29, 1.82) is 0 Å². The Labute approximate surface area is 169 Å². The van der Waals surface area contributed by atoms with Gasteiger partial charge in [0.15, 0.2) is 5.79 Å². The Morgan fingerprint density at radius 1 is 1.04 bits per heavy atom. The van der Waals surface area contributed by atoms with E-state index < -0.39 is 24.0 Å². The molecule has 0 aromatic rings. The highest BCUT2D eigenvalue weighted by atomic mass is 16.7. The van der Waals surface area contributed by atoms with Crippen LogP contribution in [-0.4, -0.2) is 53.5 Å². The normalized spacial score (nSPS) is 25.6. The van der Waals surface area contributed by atoms with E-state index >= 15 is 0 Å². The monoisotopic (exact) mass is 400 g/mol. The largest absolute Gasteiger partial charge is 0.481 e. The van der Waals surface area contributed by atoms with Crippen molar-refractivity contribution < 1.29 is 29.6 Å². The molecule has 0 heterocycles. The number of carbonyl (C=O) groups is 1. The lowest BCUT2D eigenvalue weighted by Crippen LogP contribution is -2.35. The first kappa shape index (κ1) is 25.1. The van der Waals surface area contributed by atoms with Crippen molar-refractivity contribution in [2.24, 2.45) is 11.8 Å². The summed E-state index contributed by atoms with van der Waals surface area (Å²) in [5.74, 6) is -1.39. The predicted octanol–water partition coefficient (Wildman–Crippen LogP) is 3.90. The molecule has 28 heavy (non-hydrogen) atoms. The van der Waals surface area contributed by atoms with Gasteiger partial charge in [-0.3, -0.25) is 4.79 Å². The third-order valence-electron chi connectivity index (χ3n) is 6.12. The highest BCUT2D eigenvalue weighted by Crippen LogP contribution is 2.40. The smallest absolute Gasteiger partial charge is 0.303 e. The van der Waals surface area contributed by atoms with E-state index in [0.717, 1.165) is 38.5 Å². The van der Waals surface area contributed by atoms with Gasteiger partial charge in [-0.15, -0.1) is 0 Å². The molecule has 0 bridgehead atoms. The summed E-state index contributed by atoms with van der Waals surface area (Å²) >= 11 is 0. The first-order chi connectivity index (χ1) is 13.4. The molecule has 1 saturated carbocycles. The summed E-state index contributed by atoms with van der Waals surface area (Å²) in [5, 5.41) is 29.5. The number of aliphatic hydroxyl groups excluding tert-OH is 2. The van der Waals surface area contributed by atoms with Crippen molar-refractivity contribution in [1.82, 2.24) is 0 Å². The molecule has 0 amide bonds. The second-order valence-corrected chi connectivity index (χ2v) is 8.01. The standard InChI is InChI=1S/C22H40O6/c1-4-5-10-14-22(27-2,28-3)15-13-18-17(19(23)16-20(18)24)11-8-6-7-9-12-21(25)26/h6,8,17-20,23-24H,4-5,7,9-16H2,1-3H3,(H,25,26)/t17-,18-,19+,20-/m1/s1. The molecule has 0 saturated heterocycles. The van der Waals surface area contributed by atoms with Crippen LogP contribution in [0, 0.1) is 11.8 Å². The third-order valence-corrected chi connectivity index (χ3v) is 6.12. The van der Waals surface area contributed by atoms with Gasteiger partial charge < -0.3 is 24.8 Å². The van der Waals surface area contributed by atoms with Crippen LogP contribution in [0.2, 0.25) is 0 Å². The summed E-state index contributed by atoms with van der Waals surface area (Å²) in [6.45, 7) is 2.16. The first-order valence-corrected chi connectivity index (χ1v) is 10.7. The van der Waals surface area contributed by atoms with Crippen molar-refractivity contribution in [2.45, 2.75) is 95.5 Å². The number of rotatable bonds is 15. The Bertz CT molecular complexity index is 460. The average molecular weight is 401 g/mol. The summed E-state index contributed by atoms with van der Waals surface area (Å²) in [6, 6.07) is 0. The van der Waals surface area contributed by atoms with Gasteiger partial charge in [-0.1, -0.05) is 31.9 Å². The molecule has 1 fully saturated rings. The highest BCUT2D eigenvalue weighted by molar-refractivity contribution is 5.66. The zero-order chi connectivity index (χ0) is 21.0. The number of allylic oxidation sites excluding steroid dienone is 2. The van der Waals surface area contributed by atoms with Gasteiger partial charge in [-0.2, -0.15) is 0 Å². The van der Waals surface area contributed by atoms with Gasteiger partial charge in [0.25, 0.3) is 0 Å². The number of aliphatic carboxylic acids is 1. The zero-order valence-electron chi connectivity index (χ0n) is 17.8. The summed E-state index contributed by atoms with van der Waals surface area (Å²) in [7, 11) is 3.35. The van der Waals surface area contributed by atoms with E-state index in [1.807, 2.05) is 12.2 Å². The molecule has 0 aromatic heterocycles. The number of methoxy groups -OCH3 is 2. The van der Waals surface area contributed by atoms with Crippen LogP contribution < -0.4 is 0 Å². The number of unbranched alkanes of at least 4 members (excludes halogenated alkanes) is 3. The van der Waals surface area contributed by atoms with Crippen LogP contribution in [0.3, 0.4) is 0 Å². The predicted molar refractivity (Wildman–Crippen MR) is 109 cm³/mol. The number of hydrogen-bond acceptors (Lipinski definition) is 5. The number of carboxylic acids is 1. The molecule has 0 aliphatic heterocycles. The van der Waals surface area contributed by atoms with Crippen molar-refractivity contribution in [3.8, 4) is 0 Å². The molecule has 3 N–H and O–H groups in total. The SMILES string of the molecule is CCCCCC(CC[C@@H]1[C@@H](CC=CCCCC(=O)O)[C@@H](O)C[C@H]1O)(OC)OC. The third kappa shape index (κ3) is 8.19. The van der Waals surface area contributed by atoms with Gasteiger partial charge in [0.1, 0.15) is 0 Å². The Kier molecular flexibility index (Phi) is 11.9. The quantitative estimate of drug-likeness (QED) is 0.219. The Hall–Kier alpha value is -0.950. The van der Waals surface area contributed by atoms with E-state index in [1.54, 1.807) is 14.2 Å². The fourth-order valence-electron chi connectivity index (χ4n) is 4.30. The number of aliphatic hydroxyl groups is 2. The molecule has 0 radical (unpaired) electrons.